The fourth-order valence-corrected chi connectivity index (χ4v) is 0. The van der Waals surface area contributed by atoms with Gasteiger partial charge in [-0.25, -0.2) is 0 Å². The van der Waals surface area contributed by atoms with Gasteiger partial charge in [0.25, 0.3) is 0 Å². The molecule has 5 heteroatoms. The molecule has 0 spiro atoms. The molecule has 0 rings (SSSR count). The second kappa shape index (κ2) is 28.8. The summed E-state index contributed by atoms with van der Waals surface area (Å²) < 4.78 is 0. The van der Waals surface area contributed by atoms with Gasteiger partial charge >= 0.3 is 84.8 Å². The van der Waals surface area contributed by atoms with Crippen LogP contribution >= 0.6 is 18.8 Å². The van der Waals surface area contributed by atoms with E-state index in [1.54, 1.807) is 0 Å². The van der Waals surface area contributed by atoms with Crippen LogP contribution in [0, 0.1) is 0 Å². The molecule has 0 aliphatic carbocycles. The summed E-state index contributed by atoms with van der Waals surface area (Å²) in [5.41, 5.74) is 0. The van der Waals surface area contributed by atoms with Gasteiger partial charge in [-0.1, -0.05) is 0 Å². The molecule has 0 amide bonds. The van der Waals surface area contributed by atoms with Crippen molar-refractivity contribution in [2.45, 2.75) is 0 Å². The maximum absolute atomic E-state index is 4.25. The molecule has 5 heavy (non-hydrogen) atoms. The van der Waals surface area contributed by atoms with Crippen molar-refractivity contribution in [1.82, 2.24) is 0 Å². The van der Waals surface area contributed by atoms with E-state index >= 15 is 0 Å². The SMILES string of the molecule is [InH3].[S]=[Cd].[S]=[Zn]. The fraction of sp³-hybridized carbons (Fsp3) is 0. The van der Waals surface area contributed by atoms with Gasteiger partial charge in [-0.3, -0.25) is 0 Å². The van der Waals surface area contributed by atoms with Crippen molar-refractivity contribution in [3.05, 3.63) is 0 Å². The van der Waals surface area contributed by atoms with Gasteiger partial charge in [0.05, 0.1) is 0 Å². The Labute approximate surface area is 83.1 Å². The Kier molecular flexibility index (Phi) is 90.3. The van der Waals surface area contributed by atoms with E-state index in [1.807, 2.05) is 0 Å². The standard InChI is InChI=1S/Cd.In.2S.Zn.3H. The van der Waals surface area contributed by atoms with Gasteiger partial charge in [0.1, 0.15) is 0 Å². The number of hydrogen-bond donors (Lipinski definition) is 0. The van der Waals surface area contributed by atoms with Crippen LogP contribution in [0.5, 0.6) is 0 Å². The fourth-order valence-electron chi connectivity index (χ4n) is 0. The van der Waals surface area contributed by atoms with Crippen LogP contribution in [0.15, 0.2) is 0 Å². The van der Waals surface area contributed by atoms with Crippen LogP contribution in [-0.2, 0) is 40.2 Å². The molecule has 0 aromatic rings. The van der Waals surface area contributed by atoms with Gasteiger partial charge in [0.15, 0.2) is 0 Å². The summed E-state index contributed by atoms with van der Waals surface area (Å²) in [5, 5.41) is 0. The summed E-state index contributed by atoms with van der Waals surface area (Å²) >= 11 is 1.69. The van der Waals surface area contributed by atoms with Crippen LogP contribution in [0.3, 0.4) is 0 Å². The molecule has 0 aromatic heterocycles. The Hall–Kier alpha value is 2.86. The predicted molar refractivity (Wildman–Crippen MR) is 25.1 cm³/mol. The first-order chi connectivity index (χ1) is 2.00. The third kappa shape index (κ3) is 19.8. The first-order valence-corrected chi connectivity index (χ1v) is 10.3. The van der Waals surface area contributed by atoms with Crippen molar-refractivity contribution in [3.63, 3.8) is 0 Å². The molecule has 0 radical (unpaired) electrons. The summed E-state index contributed by atoms with van der Waals surface area (Å²) in [4.78, 5) is 0. The van der Waals surface area contributed by atoms with E-state index in [0.29, 0.717) is 0 Å². The van der Waals surface area contributed by atoms with E-state index in [0.717, 1.165) is 40.2 Å². The summed E-state index contributed by atoms with van der Waals surface area (Å²) in [7, 11) is 8.46. The molecule has 0 aliphatic rings. The monoisotopic (exact) mass is 360 g/mol. The molecule has 0 atom stereocenters. The first-order valence-electron chi connectivity index (χ1n) is 0.577. The predicted octanol–water partition coefficient (Wildman–Crippen LogP) is 0.108. The van der Waals surface area contributed by atoms with Crippen LogP contribution in [0.25, 0.3) is 0 Å². The van der Waals surface area contributed by atoms with Crippen molar-refractivity contribution < 1.29 is 40.2 Å². The zero-order chi connectivity index (χ0) is 4.00. The van der Waals surface area contributed by atoms with Crippen LogP contribution < -0.4 is 0 Å². The summed E-state index contributed by atoms with van der Waals surface area (Å²) in [6.45, 7) is 0. The molecule has 0 aromatic carbocycles. The molecule has 0 nitrogen and oxygen atoms in total. The molecular weight excluding hydrogens is 357 g/mol. The zero-order valence-electron chi connectivity index (χ0n) is 2.23. The van der Waals surface area contributed by atoms with Gasteiger partial charge in [0, 0.05) is 0 Å². The van der Waals surface area contributed by atoms with E-state index in [4.69, 9.17) is 0 Å². The van der Waals surface area contributed by atoms with Crippen molar-refractivity contribution in [1.29, 1.82) is 0 Å². The van der Waals surface area contributed by atoms with Gasteiger partial charge in [-0.2, -0.15) is 0 Å². The molecule has 0 saturated carbocycles. The van der Waals surface area contributed by atoms with Crippen LogP contribution in [0.4, 0.5) is 0 Å². The maximum atomic E-state index is 4.25. The quantitative estimate of drug-likeness (QED) is 0.563. The van der Waals surface area contributed by atoms with Gasteiger partial charge in [-0.05, 0) is 0 Å². The summed E-state index contributed by atoms with van der Waals surface area (Å²) in [6, 6.07) is 0. The third-order valence-electron chi connectivity index (χ3n) is 0. The number of hydrogen-bond acceptors (Lipinski definition) is 2. The third-order valence-corrected chi connectivity index (χ3v) is 0. The number of rotatable bonds is 0. The molecule has 0 heterocycles. The van der Waals surface area contributed by atoms with Gasteiger partial charge in [-0.15, -0.1) is 0 Å². The molecule has 0 aliphatic heterocycles. The normalized spacial score (nSPS) is 2.40. The van der Waals surface area contributed by atoms with Gasteiger partial charge in [0.2, 0.25) is 0 Å². The molecule has 0 unspecified atom stereocenters. The van der Waals surface area contributed by atoms with E-state index in [1.165, 1.54) is 0 Å². The summed E-state index contributed by atoms with van der Waals surface area (Å²) in [5.74, 6) is 0. The van der Waals surface area contributed by atoms with E-state index < -0.39 is 0 Å². The molecule has 0 bridgehead atoms. The molecule has 0 N–H and O–H groups in total. The Morgan fingerprint density at radius 1 is 1.20 bits per heavy atom. The van der Waals surface area contributed by atoms with E-state index in [-0.39, 0.29) is 25.8 Å². The molecule has 22 valence electrons. The molecule has 0 saturated heterocycles. The average molecular weight is 360 g/mol. The Morgan fingerprint density at radius 3 is 1.20 bits per heavy atom. The first kappa shape index (κ1) is 15.7. The minimum absolute atomic E-state index is 0. The van der Waals surface area contributed by atoms with Crippen LogP contribution in [0.2, 0.25) is 0 Å². The Balaban J connectivity index is -0.0000000133. The zero-order valence-corrected chi connectivity index (χ0v) is 10.9. The van der Waals surface area contributed by atoms with Crippen LogP contribution in [0.1, 0.15) is 0 Å². The van der Waals surface area contributed by atoms with Crippen molar-refractivity contribution >= 4 is 44.6 Å². The minimum atomic E-state index is 0. The average Bonchev–Trinajstić information content (AvgIpc) is 1.50. The van der Waals surface area contributed by atoms with Crippen molar-refractivity contribution in [2.24, 2.45) is 0 Å². The van der Waals surface area contributed by atoms with Crippen molar-refractivity contribution in [3.8, 4) is 0 Å². The summed E-state index contributed by atoms with van der Waals surface area (Å²) in [6.07, 6.45) is 0. The second-order valence-corrected chi connectivity index (χ2v) is 0. The van der Waals surface area contributed by atoms with Gasteiger partial charge < -0.3 is 0 Å². The van der Waals surface area contributed by atoms with E-state index in [2.05, 4.69) is 18.8 Å². The molecule has 0 fully saturated rings. The Bertz CT molecular complexity index is 11.6. The topological polar surface area (TPSA) is 0 Å². The molecular formula is H3CdInS2Zn. The second-order valence-electron chi connectivity index (χ2n) is 0. The van der Waals surface area contributed by atoms with Crippen molar-refractivity contribution in [2.75, 3.05) is 0 Å². The van der Waals surface area contributed by atoms with E-state index in [9.17, 15) is 0 Å². The Morgan fingerprint density at radius 2 is 1.20 bits per heavy atom. The van der Waals surface area contributed by atoms with Crippen LogP contribution in [-0.4, -0.2) is 25.8 Å².